The first-order valence-corrected chi connectivity index (χ1v) is 4.85. The van der Waals surface area contributed by atoms with Gasteiger partial charge in [-0.05, 0) is 12.1 Å². The standard InChI is InChI=1S/C8H9N3O2S/c12-6(7-2-1-3-13-7)4-9-8-10-5-11-14-8/h1-3,5-6,12H,4H2,(H,9,10,11). The van der Waals surface area contributed by atoms with Crippen LogP contribution in [-0.2, 0) is 0 Å². The third-order valence-electron chi connectivity index (χ3n) is 1.68. The van der Waals surface area contributed by atoms with Crippen molar-refractivity contribution in [1.82, 2.24) is 9.36 Å². The summed E-state index contributed by atoms with van der Waals surface area (Å²) >= 11 is 1.25. The van der Waals surface area contributed by atoms with Crippen molar-refractivity contribution in [2.75, 3.05) is 11.9 Å². The number of nitrogens with one attached hydrogen (secondary N) is 1. The lowest BCUT2D eigenvalue weighted by atomic mass is 10.3. The van der Waals surface area contributed by atoms with E-state index < -0.39 is 6.10 Å². The van der Waals surface area contributed by atoms with Crippen molar-refractivity contribution in [2.24, 2.45) is 0 Å². The molecule has 0 amide bonds. The molecule has 0 radical (unpaired) electrons. The van der Waals surface area contributed by atoms with Crippen LogP contribution in [0.5, 0.6) is 0 Å². The van der Waals surface area contributed by atoms with E-state index in [1.165, 1.54) is 24.1 Å². The molecule has 2 heterocycles. The number of rotatable bonds is 4. The lowest BCUT2D eigenvalue weighted by molar-refractivity contribution is 0.162. The minimum atomic E-state index is -0.658. The number of aromatic nitrogens is 2. The maximum absolute atomic E-state index is 9.61. The third kappa shape index (κ3) is 2.09. The Bertz CT molecular complexity index is 360. The first-order chi connectivity index (χ1) is 6.86. The van der Waals surface area contributed by atoms with E-state index in [-0.39, 0.29) is 0 Å². The summed E-state index contributed by atoms with van der Waals surface area (Å²) in [4.78, 5) is 3.92. The van der Waals surface area contributed by atoms with Gasteiger partial charge in [-0.15, -0.1) is 0 Å². The van der Waals surface area contributed by atoms with E-state index in [2.05, 4.69) is 14.7 Å². The van der Waals surface area contributed by atoms with Crippen LogP contribution < -0.4 is 5.32 Å². The highest BCUT2D eigenvalue weighted by Gasteiger charge is 2.10. The van der Waals surface area contributed by atoms with Crippen molar-refractivity contribution in [3.63, 3.8) is 0 Å². The highest BCUT2D eigenvalue weighted by atomic mass is 32.1. The Balaban J connectivity index is 1.87. The van der Waals surface area contributed by atoms with E-state index in [0.717, 1.165) is 0 Å². The van der Waals surface area contributed by atoms with Crippen LogP contribution in [0.2, 0.25) is 0 Å². The lowest BCUT2D eigenvalue weighted by Crippen LogP contribution is -2.11. The number of nitrogens with zero attached hydrogens (tertiary/aromatic N) is 2. The quantitative estimate of drug-likeness (QED) is 0.797. The Morgan fingerprint density at radius 3 is 3.21 bits per heavy atom. The van der Waals surface area contributed by atoms with Crippen LogP contribution in [0.4, 0.5) is 5.13 Å². The topological polar surface area (TPSA) is 71.2 Å². The van der Waals surface area contributed by atoms with Gasteiger partial charge in [0.05, 0.1) is 12.8 Å². The Morgan fingerprint density at radius 2 is 2.57 bits per heavy atom. The molecule has 0 aliphatic heterocycles. The predicted octanol–water partition coefficient (Wildman–Crippen LogP) is 1.28. The number of hydrogen-bond acceptors (Lipinski definition) is 6. The van der Waals surface area contributed by atoms with Crippen LogP contribution >= 0.6 is 11.5 Å². The molecule has 1 unspecified atom stereocenters. The third-order valence-corrected chi connectivity index (χ3v) is 2.30. The summed E-state index contributed by atoms with van der Waals surface area (Å²) in [5.74, 6) is 0.544. The highest BCUT2D eigenvalue weighted by molar-refractivity contribution is 7.09. The van der Waals surface area contributed by atoms with Crippen LogP contribution in [-0.4, -0.2) is 21.0 Å². The summed E-state index contributed by atoms with van der Waals surface area (Å²) in [7, 11) is 0. The van der Waals surface area contributed by atoms with Crippen molar-refractivity contribution < 1.29 is 9.52 Å². The van der Waals surface area contributed by atoms with Crippen molar-refractivity contribution in [1.29, 1.82) is 0 Å². The largest absolute Gasteiger partial charge is 0.467 e. The number of aliphatic hydroxyl groups is 1. The fourth-order valence-corrected chi connectivity index (χ4v) is 1.45. The summed E-state index contributed by atoms with van der Waals surface area (Å²) in [6, 6.07) is 3.47. The van der Waals surface area contributed by atoms with E-state index in [1.54, 1.807) is 12.1 Å². The Morgan fingerprint density at radius 1 is 1.64 bits per heavy atom. The van der Waals surface area contributed by atoms with Gasteiger partial charge < -0.3 is 14.8 Å². The molecule has 0 aliphatic carbocycles. The van der Waals surface area contributed by atoms with E-state index in [4.69, 9.17) is 4.42 Å². The molecule has 2 N–H and O–H groups in total. The molecule has 0 aromatic carbocycles. The molecule has 6 heteroatoms. The van der Waals surface area contributed by atoms with Crippen LogP contribution in [0.1, 0.15) is 11.9 Å². The minimum absolute atomic E-state index is 0.364. The molecule has 5 nitrogen and oxygen atoms in total. The fraction of sp³-hybridized carbons (Fsp3) is 0.250. The molecule has 2 aromatic rings. The van der Waals surface area contributed by atoms with Crippen LogP contribution in [0.3, 0.4) is 0 Å². The van der Waals surface area contributed by atoms with Crippen molar-refractivity contribution >= 4 is 16.7 Å². The summed E-state index contributed by atoms with van der Waals surface area (Å²) in [5.41, 5.74) is 0. The molecule has 2 aromatic heterocycles. The molecule has 0 bridgehead atoms. The van der Waals surface area contributed by atoms with Gasteiger partial charge in [0.25, 0.3) is 0 Å². The summed E-state index contributed by atoms with van der Waals surface area (Å²) in [6.45, 7) is 0.364. The lowest BCUT2D eigenvalue weighted by Gasteiger charge is -2.07. The summed E-state index contributed by atoms with van der Waals surface area (Å²) < 4.78 is 8.87. The van der Waals surface area contributed by atoms with Crippen LogP contribution in [0, 0.1) is 0 Å². The molecule has 1 atom stereocenters. The zero-order valence-electron chi connectivity index (χ0n) is 7.25. The van der Waals surface area contributed by atoms with Gasteiger partial charge >= 0.3 is 0 Å². The molecule has 0 saturated carbocycles. The van der Waals surface area contributed by atoms with Gasteiger partial charge in [-0.1, -0.05) is 0 Å². The van der Waals surface area contributed by atoms with Gasteiger partial charge in [0.15, 0.2) is 0 Å². The number of anilines is 1. The Kier molecular flexibility index (Phi) is 2.76. The van der Waals surface area contributed by atoms with Gasteiger partial charge in [0.2, 0.25) is 5.13 Å². The maximum Gasteiger partial charge on any atom is 0.202 e. The van der Waals surface area contributed by atoms with Crippen molar-refractivity contribution in [3.05, 3.63) is 30.5 Å². The van der Waals surface area contributed by atoms with Crippen molar-refractivity contribution in [3.8, 4) is 0 Å². The second kappa shape index (κ2) is 4.21. The average molecular weight is 211 g/mol. The summed E-state index contributed by atoms with van der Waals surface area (Å²) in [5, 5.41) is 13.2. The SMILES string of the molecule is OC(CNc1ncns1)c1ccco1. The van der Waals surface area contributed by atoms with Crippen molar-refractivity contribution in [2.45, 2.75) is 6.10 Å². The molecular weight excluding hydrogens is 202 g/mol. The highest BCUT2D eigenvalue weighted by Crippen LogP contribution is 2.14. The first-order valence-electron chi connectivity index (χ1n) is 4.08. The molecule has 0 spiro atoms. The van der Waals surface area contributed by atoms with Gasteiger partial charge in [-0.25, -0.2) is 4.98 Å². The number of hydrogen-bond donors (Lipinski definition) is 2. The van der Waals surface area contributed by atoms with Crippen LogP contribution in [0.25, 0.3) is 0 Å². The molecule has 74 valence electrons. The van der Waals surface area contributed by atoms with E-state index in [9.17, 15) is 5.11 Å². The zero-order chi connectivity index (χ0) is 9.80. The molecular formula is C8H9N3O2S. The molecule has 14 heavy (non-hydrogen) atoms. The van der Waals surface area contributed by atoms with Gasteiger partial charge in [0, 0.05) is 11.5 Å². The fourth-order valence-electron chi connectivity index (χ4n) is 1.02. The van der Waals surface area contributed by atoms with Gasteiger partial charge in [0.1, 0.15) is 18.2 Å². The van der Waals surface area contributed by atoms with E-state index in [1.807, 2.05) is 0 Å². The monoisotopic (exact) mass is 211 g/mol. The normalized spacial score (nSPS) is 12.6. The smallest absolute Gasteiger partial charge is 0.202 e. The molecule has 0 saturated heterocycles. The predicted molar refractivity (Wildman–Crippen MR) is 52.1 cm³/mol. The first kappa shape index (κ1) is 9.17. The second-order valence-electron chi connectivity index (χ2n) is 2.66. The average Bonchev–Trinajstić information content (AvgIpc) is 2.87. The van der Waals surface area contributed by atoms with Gasteiger partial charge in [-0.3, -0.25) is 0 Å². The molecule has 0 fully saturated rings. The maximum atomic E-state index is 9.61. The van der Waals surface area contributed by atoms with Gasteiger partial charge in [-0.2, -0.15) is 4.37 Å². The molecule has 2 rings (SSSR count). The Labute approximate surface area is 84.6 Å². The van der Waals surface area contributed by atoms with Crippen LogP contribution in [0.15, 0.2) is 29.1 Å². The summed E-state index contributed by atoms with van der Waals surface area (Å²) in [6.07, 6.45) is 2.34. The number of furan rings is 1. The second-order valence-corrected chi connectivity index (χ2v) is 3.44. The minimum Gasteiger partial charge on any atom is -0.467 e. The zero-order valence-corrected chi connectivity index (χ0v) is 8.07. The van der Waals surface area contributed by atoms with E-state index >= 15 is 0 Å². The molecule has 0 aliphatic rings. The van der Waals surface area contributed by atoms with E-state index in [0.29, 0.717) is 17.4 Å². The number of aliphatic hydroxyl groups excluding tert-OH is 1. The Hall–Kier alpha value is -1.40.